The Morgan fingerprint density at radius 1 is 1.53 bits per heavy atom. The molecule has 0 bridgehead atoms. The quantitative estimate of drug-likeness (QED) is 0.783. The van der Waals surface area contributed by atoms with Gasteiger partial charge in [0.25, 0.3) is 0 Å². The minimum atomic E-state index is -0.138. The van der Waals surface area contributed by atoms with Crippen LogP contribution in [0.15, 0.2) is 24.3 Å². The summed E-state index contributed by atoms with van der Waals surface area (Å²) in [5.74, 6) is 0.694. The third-order valence-corrected chi connectivity index (χ3v) is 2.86. The first-order valence-electron chi connectivity index (χ1n) is 5.76. The molecule has 4 heteroatoms. The molecule has 0 radical (unpaired) electrons. The molecule has 4 nitrogen and oxygen atoms in total. The third kappa shape index (κ3) is 3.20. The third-order valence-electron chi connectivity index (χ3n) is 2.86. The number of hydrogen-bond acceptors (Lipinski definition) is 3. The highest BCUT2D eigenvalue weighted by Crippen LogP contribution is 2.20. The lowest BCUT2D eigenvalue weighted by molar-refractivity contribution is -0.121. The zero-order valence-corrected chi connectivity index (χ0v) is 10.1. The highest BCUT2D eigenvalue weighted by atomic mass is 16.6. The topological polar surface area (TPSA) is 50.9 Å². The summed E-state index contributed by atoms with van der Waals surface area (Å²) in [5.41, 5.74) is 0.986. The maximum atomic E-state index is 11.5. The van der Waals surface area contributed by atoms with Crippen molar-refractivity contribution in [1.82, 2.24) is 5.32 Å². The highest BCUT2D eigenvalue weighted by Gasteiger charge is 2.23. The molecule has 0 saturated carbocycles. The van der Waals surface area contributed by atoms with Crippen LogP contribution in [-0.2, 0) is 9.53 Å². The second-order valence-corrected chi connectivity index (χ2v) is 4.17. The summed E-state index contributed by atoms with van der Waals surface area (Å²) in [6.07, 6.45) is 0.263. The fourth-order valence-corrected chi connectivity index (χ4v) is 1.57. The van der Waals surface area contributed by atoms with Gasteiger partial charge in [0.2, 0.25) is 5.91 Å². The zero-order chi connectivity index (χ0) is 12.3. The molecule has 0 aromatic heterocycles. The van der Waals surface area contributed by atoms with E-state index in [-0.39, 0.29) is 17.9 Å². The lowest BCUT2D eigenvalue weighted by atomic mass is 10.0. The van der Waals surface area contributed by atoms with Gasteiger partial charge in [0.05, 0.1) is 12.5 Å². The average Bonchev–Trinajstić information content (AvgIpc) is 3.19. The average molecular weight is 235 g/mol. The predicted molar refractivity (Wildman–Crippen MR) is 64.2 cm³/mol. The number of amides is 1. The Bertz CT molecular complexity index is 384. The number of carbonyl (C=O) groups is 1. The van der Waals surface area contributed by atoms with Crippen molar-refractivity contribution in [3.05, 3.63) is 29.8 Å². The van der Waals surface area contributed by atoms with Crippen LogP contribution in [0.1, 0.15) is 18.4 Å². The van der Waals surface area contributed by atoms with Gasteiger partial charge in [-0.2, -0.15) is 0 Å². The molecule has 1 amide bonds. The second kappa shape index (κ2) is 5.19. The lowest BCUT2D eigenvalue weighted by Gasteiger charge is -2.11. The first-order chi connectivity index (χ1) is 8.20. The fraction of sp³-hybridized carbons (Fsp3) is 0.462. The molecule has 2 atom stereocenters. The van der Waals surface area contributed by atoms with Crippen LogP contribution in [0.25, 0.3) is 0 Å². The number of ether oxygens (including phenoxy) is 2. The van der Waals surface area contributed by atoms with Crippen molar-refractivity contribution < 1.29 is 14.3 Å². The molecule has 1 fully saturated rings. The standard InChI is InChI=1S/C13H17NO3/c1-9(13(15)14-2)10-3-5-11(6-4-10)16-7-12-8-17-12/h3-6,9,12H,7-8H2,1-2H3,(H,14,15). The van der Waals surface area contributed by atoms with Crippen LogP contribution in [0, 0.1) is 0 Å². The van der Waals surface area contributed by atoms with E-state index in [1.165, 1.54) is 0 Å². The van der Waals surface area contributed by atoms with E-state index in [1.54, 1.807) is 7.05 Å². The van der Waals surface area contributed by atoms with Gasteiger partial charge in [-0.1, -0.05) is 12.1 Å². The lowest BCUT2D eigenvalue weighted by Crippen LogP contribution is -2.23. The summed E-state index contributed by atoms with van der Waals surface area (Å²) in [6.45, 7) is 3.28. The van der Waals surface area contributed by atoms with Gasteiger partial charge in [0.15, 0.2) is 0 Å². The summed E-state index contributed by atoms with van der Waals surface area (Å²) in [5, 5.41) is 2.64. The van der Waals surface area contributed by atoms with Crippen molar-refractivity contribution in [2.75, 3.05) is 20.3 Å². The molecule has 17 heavy (non-hydrogen) atoms. The number of hydrogen-bond donors (Lipinski definition) is 1. The van der Waals surface area contributed by atoms with Crippen LogP contribution in [0.5, 0.6) is 5.75 Å². The van der Waals surface area contributed by atoms with Crippen molar-refractivity contribution in [2.24, 2.45) is 0 Å². The molecule has 1 aromatic carbocycles. The molecular weight excluding hydrogens is 218 g/mol. The van der Waals surface area contributed by atoms with Crippen molar-refractivity contribution >= 4 is 5.91 Å². The Morgan fingerprint density at radius 2 is 2.18 bits per heavy atom. The van der Waals surface area contributed by atoms with Crippen molar-refractivity contribution in [2.45, 2.75) is 18.9 Å². The van der Waals surface area contributed by atoms with E-state index in [1.807, 2.05) is 31.2 Å². The van der Waals surface area contributed by atoms with E-state index in [4.69, 9.17) is 9.47 Å². The summed E-state index contributed by atoms with van der Waals surface area (Å²) in [4.78, 5) is 11.5. The maximum absolute atomic E-state index is 11.5. The molecule has 0 spiro atoms. The van der Waals surface area contributed by atoms with E-state index in [9.17, 15) is 4.79 Å². The van der Waals surface area contributed by atoms with Crippen molar-refractivity contribution in [3.63, 3.8) is 0 Å². The van der Waals surface area contributed by atoms with Gasteiger partial charge in [0.1, 0.15) is 18.5 Å². The summed E-state index contributed by atoms with van der Waals surface area (Å²) in [7, 11) is 1.64. The first kappa shape index (κ1) is 11.9. The number of carbonyl (C=O) groups excluding carboxylic acids is 1. The molecule has 92 valence electrons. The van der Waals surface area contributed by atoms with Crippen LogP contribution >= 0.6 is 0 Å². The number of likely N-dealkylation sites (N-methyl/N-ethyl adjacent to an activating group) is 1. The molecule has 1 aliphatic rings. The Kier molecular flexibility index (Phi) is 3.64. The molecule has 1 aromatic rings. The zero-order valence-electron chi connectivity index (χ0n) is 10.1. The summed E-state index contributed by atoms with van der Waals surface area (Å²) in [6, 6.07) is 7.61. The van der Waals surface area contributed by atoms with Crippen LogP contribution < -0.4 is 10.1 Å². The van der Waals surface area contributed by atoms with E-state index < -0.39 is 0 Å². The van der Waals surface area contributed by atoms with E-state index >= 15 is 0 Å². The van der Waals surface area contributed by atoms with Crippen LogP contribution in [-0.4, -0.2) is 32.3 Å². The molecule has 1 heterocycles. The smallest absolute Gasteiger partial charge is 0.227 e. The normalized spacial score (nSPS) is 19.5. The Balaban J connectivity index is 1.93. The summed E-state index contributed by atoms with van der Waals surface area (Å²) >= 11 is 0. The van der Waals surface area contributed by atoms with E-state index in [2.05, 4.69) is 5.32 Å². The van der Waals surface area contributed by atoms with Crippen LogP contribution in [0.4, 0.5) is 0 Å². The second-order valence-electron chi connectivity index (χ2n) is 4.17. The monoisotopic (exact) mass is 235 g/mol. The Labute approximate surface area is 101 Å². The number of nitrogens with one attached hydrogen (secondary N) is 1. The van der Waals surface area contributed by atoms with Gasteiger partial charge in [-0.25, -0.2) is 0 Å². The maximum Gasteiger partial charge on any atom is 0.227 e. The minimum Gasteiger partial charge on any atom is -0.491 e. The molecule has 0 aliphatic carbocycles. The van der Waals surface area contributed by atoms with Gasteiger partial charge in [0, 0.05) is 7.05 Å². The van der Waals surface area contributed by atoms with Gasteiger partial charge in [-0.15, -0.1) is 0 Å². The van der Waals surface area contributed by atoms with Crippen LogP contribution in [0.3, 0.4) is 0 Å². The molecular formula is C13H17NO3. The Morgan fingerprint density at radius 3 is 2.71 bits per heavy atom. The van der Waals surface area contributed by atoms with Crippen molar-refractivity contribution in [3.8, 4) is 5.75 Å². The Hall–Kier alpha value is -1.55. The van der Waals surface area contributed by atoms with Crippen molar-refractivity contribution in [1.29, 1.82) is 0 Å². The molecule has 1 saturated heterocycles. The minimum absolute atomic E-state index is 0.0186. The number of benzene rings is 1. The van der Waals surface area contributed by atoms with E-state index in [0.29, 0.717) is 6.61 Å². The summed E-state index contributed by atoms with van der Waals surface area (Å²) < 4.78 is 10.6. The molecule has 1 N–H and O–H groups in total. The predicted octanol–water partition coefficient (Wildman–Crippen LogP) is 1.31. The number of rotatable bonds is 5. The first-order valence-corrected chi connectivity index (χ1v) is 5.76. The SMILES string of the molecule is CNC(=O)C(C)c1ccc(OCC2CO2)cc1. The van der Waals surface area contributed by atoms with Gasteiger partial charge in [-0.3, -0.25) is 4.79 Å². The van der Waals surface area contributed by atoms with E-state index in [0.717, 1.165) is 17.9 Å². The fourth-order valence-electron chi connectivity index (χ4n) is 1.57. The highest BCUT2D eigenvalue weighted by molar-refractivity contribution is 5.82. The molecule has 1 aliphatic heterocycles. The van der Waals surface area contributed by atoms with Gasteiger partial charge in [-0.05, 0) is 24.6 Å². The largest absolute Gasteiger partial charge is 0.491 e. The molecule has 2 unspecified atom stereocenters. The van der Waals surface area contributed by atoms with Gasteiger partial charge < -0.3 is 14.8 Å². The van der Waals surface area contributed by atoms with Gasteiger partial charge >= 0.3 is 0 Å². The number of epoxide rings is 1. The molecule has 2 rings (SSSR count). The van der Waals surface area contributed by atoms with Crippen LogP contribution in [0.2, 0.25) is 0 Å².